The number of anilines is 1. The number of rotatable bonds is 5. The van der Waals surface area contributed by atoms with Gasteiger partial charge in [-0.15, -0.1) is 0 Å². The number of hydrogen-bond acceptors (Lipinski definition) is 3. The molecule has 0 unspecified atom stereocenters. The van der Waals surface area contributed by atoms with Gasteiger partial charge in [0.2, 0.25) is 0 Å². The number of methoxy groups -OCH3 is 2. The van der Waals surface area contributed by atoms with Crippen LogP contribution in [0.1, 0.15) is 27.2 Å². The molecule has 1 rings (SSSR count). The van der Waals surface area contributed by atoms with Crippen LogP contribution >= 0.6 is 12.2 Å². The van der Waals surface area contributed by atoms with Gasteiger partial charge in [0, 0.05) is 11.6 Å². The first-order chi connectivity index (χ1) is 8.91. The van der Waals surface area contributed by atoms with Gasteiger partial charge in [0.1, 0.15) is 11.5 Å². The van der Waals surface area contributed by atoms with Crippen LogP contribution < -0.4 is 20.1 Å². The highest BCUT2D eigenvalue weighted by Crippen LogP contribution is 2.29. The molecule has 0 aliphatic heterocycles. The largest absolute Gasteiger partial charge is 0.497 e. The molecule has 1 aromatic rings. The average molecular weight is 282 g/mol. The summed E-state index contributed by atoms with van der Waals surface area (Å²) in [4.78, 5) is 0. The van der Waals surface area contributed by atoms with Crippen LogP contribution in [-0.2, 0) is 0 Å². The molecule has 4 nitrogen and oxygen atoms in total. The van der Waals surface area contributed by atoms with E-state index in [9.17, 15) is 0 Å². The molecule has 2 N–H and O–H groups in total. The van der Waals surface area contributed by atoms with Crippen molar-refractivity contribution in [3.8, 4) is 11.5 Å². The maximum Gasteiger partial charge on any atom is 0.171 e. The van der Waals surface area contributed by atoms with E-state index < -0.39 is 0 Å². The molecule has 1 aromatic carbocycles. The minimum atomic E-state index is -0.0379. The van der Waals surface area contributed by atoms with E-state index in [2.05, 4.69) is 31.4 Å². The van der Waals surface area contributed by atoms with E-state index in [1.165, 1.54) is 0 Å². The summed E-state index contributed by atoms with van der Waals surface area (Å²) in [5.41, 5.74) is 0.775. The predicted molar refractivity (Wildman–Crippen MR) is 83.3 cm³/mol. The average Bonchev–Trinajstić information content (AvgIpc) is 2.38. The van der Waals surface area contributed by atoms with Gasteiger partial charge < -0.3 is 20.1 Å². The van der Waals surface area contributed by atoms with Crippen molar-refractivity contribution in [1.29, 1.82) is 0 Å². The lowest BCUT2D eigenvalue weighted by Crippen LogP contribution is -2.44. The summed E-state index contributed by atoms with van der Waals surface area (Å²) in [5, 5.41) is 6.99. The Balaban J connectivity index is 2.79. The summed E-state index contributed by atoms with van der Waals surface area (Å²) >= 11 is 5.31. The number of benzene rings is 1. The monoisotopic (exact) mass is 282 g/mol. The van der Waals surface area contributed by atoms with Crippen LogP contribution in [0.4, 0.5) is 5.69 Å². The molecular weight excluding hydrogens is 260 g/mol. The number of ether oxygens (including phenoxy) is 2. The van der Waals surface area contributed by atoms with Crippen LogP contribution in [0.25, 0.3) is 0 Å². The Kier molecular flexibility index (Phi) is 5.42. The third-order valence-electron chi connectivity index (χ3n) is 2.99. The summed E-state index contributed by atoms with van der Waals surface area (Å²) in [6.07, 6.45) is 0.981. The van der Waals surface area contributed by atoms with E-state index in [-0.39, 0.29) is 5.54 Å². The fourth-order valence-electron chi connectivity index (χ4n) is 1.45. The first-order valence-electron chi connectivity index (χ1n) is 6.23. The molecule has 0 aliphatic rings. The van der Waals surface area contributed by atoms with E-state index in [0.29, 0.717) is 10.9 Å². The van der Waals surface area contributed by atoms with Gasteiger partial charge in [0.15, 0.2) is 5.11 Å². The Morgan fingerprint density at radius 2 is 1.95 bits per heavy atom. The van der Waals surface area contributed by atoms with Crippen molar-refractivity contribution in [2.45, 2.75) is 32.7 Å². The molecule has 0 bridgehead atoms. The lowest BCUT2D eigenvalue weighted by atomic mass is 10.0. The molecule has 0 fully saturated rings. The molecular formula is C14H22N2O2S. The molecule has 5 heteroatoms. The Morgan fingerprint density at radius 1 is 1.26 bits per heavy atom. The first kappa shape index (κ1) is 15.6. The second-order valence-corrected chi connectivity index (χ2v) is 5.29. The van der Waals surface area contributed by atoms with Crippen LogP contribution in [-0.4, -0.2) is 24.9 Å². The van der Waals surface area contributed by atoms with Crippen molar-refractivity contribution in [1.82, 2.24) is 5.32 Å². The second kappa shape index (κ2) is 6.61. The lowest BCUT2D eigenvalue weighted by molar-refractivity contribution is 0.395. The molecule has 19 heavy (non-hydrogen) atoms. The minimum absolute atomic E-state index is 0.0379. The summed E-state index contributed by atoms with van der Waals surface area (Å²) in [6, 6.07) is 5.55. The number of hydrogen-bond donors (Lipinski definition) is 2. The van der Waals surface area contributed by atoms with E-state index in [4.69, 9.17) is 21.7 Å². The zero-order chi connectivity index (χ0) is 14.5. The van der Waals surface area contributed by atoms with Crippen LogP contribution in [0.2, 0.25) is 0 Å². The van der Waals surface area contributed by atoms with Crippen molar-refractivity contribution < 1.29 is 9.47 Å². The molecule has 0 saturated heterocycles. The highest BCUT2D eigenvalue weighted by Gasteiger charge is 2.16. The third kappa shape index (κ3) is 4.59. The van der Waals surface area contributed by atoms with Crippen LogP contribution in [0.15, 0.2) is 18.2 Å². The van der Waals surface area contributed by atoms with Gasteiger partial charge in [0.05, 0.1) is 19.9 Å². The molecule has 0 aliphatic carbocycles. The zero-order valence-corrected chi connectivity index (χ0v) is 13.0. The van der Waals surface area contributed by atoms with Crippen LogP contribution in [0.3, 0.4) is 0 Å². The highest BCUT2D eigenvalue weighted by atomic mass is 32.1. The lowest BCUT2D eigenvalue weighted by Gasteiger charge is -2.26. The molecule has 0 heterocycles. The second-order valence-electron chi connectivity index (χ2n) is 4.88. The quantitative estimate of drug-likeness (QED) is 0.812. The van der Waals surface area contributed by atoms with Gasteiger partial charge >= 0.3 is 0 Å². The maximum atomic E-state index is 5.32. The Bertz CT molecular complexity index is 447. The smallest absolute Gasteiger partial charge is 0.171 e. The first-order valence-corrected chi connectivity index (χ1v) is 6.64. The maximum absolute atomic E-state index is 5.32. The van der Waals surface area contributed by atoms with Crippen LogP contribution in [0, 0.1) is 0 Å². The summed E-state index contributed by atoms with van der Waals surface area (Å²) in [6.45, 7) is 6.32. The normalized spacial score (nSPS) is 10.8. The van der Waals surface area contributed by atoms with Gasteiger partial charge in [-0.05, 0) is 44.6 Å². The van der Waals surface area contributed by atoms with E-state index >= 15 is 0 Å². The number of thiocarbonyl (C=S) groups is 1. The fourth-order valence-corrected chi connectivity index (χ4v) is 1.84. The highest BCUT2D eigenvalue weighted by molar-refractivity contribution is 7.80. The van der Waals surface area contributed by atoms with Gasteiger partial charge in [-0.2, -0.15) is 0 Å². The molecule has 0 amide bonds. The Hall–Kier alpha value is -1.49. The fraction of sp³-hybridized carbons (Fsp3) is 0.500. The van der Waals surface area contributed by atoms with E-state index in [1.807, 2.05) is 18.2 Å². The van der Waals surface area contributed by atoms with Crippen LogP contribution in [0.5, 0.6) is 11.5 Å². The van der Waals surface area contributed by atoms with Gasteiger partial charge in [0.25, 0.3) is 0 Å². The van der Waals surface area contributed by atoms with Crippen molar-refractivity contribution in [2.24, 2.45) is 0 Å². The molecule has 0 radical (unpaired) electrons. The minimum Gasteiger partial charge on any atom is -0.497 e. The summed E-state index contributed by atoms with van der Waals surface area (Å²) < 4.78 is 10.5. The summed E-state index contributed by atoms with van der Waals surface area (Å²) in [7, 11) is 3.24. The molecule has 106 valence electrons. The van der Waals surface area contributed by atoms with Crippen molar-refractivity contribution >= 4 is 23.0 Å². The predicted octanol–water partition coefficient (Wildman–Crippen LogP) is 3.18. The van der Waals surface area contributed by atoms with Crippen molar-refractivity contribution in [2.75, 3.05) is 19.5 Å². The van der Waals surface area contributed by atoms with Gasteiger partial charge in [-0.25, -0.2) is 0 Å². The third-order valence-corrected chi connectivity index (χ3v) is 3.20. The standard InChI is InChI=1S/C14H22N2O2S/c1-6-14(2,3)16-13(19)15-11-8-7-10(17-4)9-12(11)18-5/h7-9H,6H2,1-5H3,(H2,15,16,19). The van der Waals surface area contributed by atoms with Crippen molar-refractivity contribution in [3.63, 3.8) is 0 Å². The topological polar surface area (TPSA) is 42.5 Å². The van der Waals surface area contributed by atoms with E-state index in [1.54, 1.807) is 14.2 Å². The Labute approximate surface area is 120 Å². The van der Waals surface area contributed by atoms with E-state index in [0.717, 1.165) is 17.9 Å². The van der Waals surface area contributed by atoms with Gasteiger partial charge in [-0.3, -0.25) is 0 Å². The number of nitrogens with one attached hydrogen (secondary N) is 2. The molecule has 0 atom stereocenters. The summed E-state index contributed by atoms with van der Waals surface area (Å²) in [5.74, 6) is 1.44. The molecule has 0 aromatic heterocycles. The molecule has 0 saturated carbocycles. The van der Waals surface area contributed by atoms with Gasteiger partial charge in [-0.1, -0.05) is 6.92 Å². The van der Waals surface area contributed by atoms with Crippen molar-refractivity contribution in [3.05, 3.63) is 18.2 Å². The Morgan fingerprint density at radius 3 is 2.47 bits per heavy atom. The zero-order valence-electron chi connectivity index (χ0n) is 12.2. The molecule has 0 spiro atoms. The SMILES string of the molecule is CCC(C)(C)NC(=S)Nc1ccc(OC)cc1OC.